The SMILES string of the molecule is COc1cc(F)c([C@@H]2CN(CC#N)C(=O)[C@H]2NC(=O)NC2(c3cc(Cl)cc(Cl)c3)CC2)c(F)c1. The van der Waals surface area contributed by atoms with Gasteiger partial charge in [0.2, 0.25) is 5.91 Å². The van der Waals surface area contributed by atoms with Crippen molar-refractivity contribution in [2.75, 3.05) is 20.2 Å². The van der Waals surface area contributed by atoms with Crippen molar-refractivity contribution < 1.29 is 23.1 Å². The molecule has 1 aliphatic heterocycles. The number of nitrogens with zero attached hydrogens (tertiary/aromatic N) is 2. The zero-order valence-corrected chi connectivity index (χ0v) is 19.5. The molecule has 34 heavy (non-hydrogen) atoms. The second kappa shape index (κ2) is 9.28. The van der Waals surface area contributed by atoms with Gasteiger partial charge >= 0.3 is 6.03 Å². The minimum atomic E-state index is -1.27. The van der Waals surface area contributed by atoms with E-state index in [2.05, 4.69) is 10.6 Å². The van der Waals surface area contributed by atoms with Crippen LogP contribution in [0.3, 0.4) is 0 Å². The van der Waals surface area contributed by atoms with Crippen molar-refractivity contribution in [3.63, 3.8) is 0 Å². The highest BCUT2D eigenvalue weighted by molar-refractivity contribution is 6.34. The summed E-state index contributed by atoms with van der Waals surface area (Å²) in [6.45, 7) is -0.411. The third kappa shape index (κ3) is 4.61. The van der Waals surface area contributed by atoms with Crippen LogP contribution in [-0.2, 0) is 10.3 Å². The standard InChI is InChI=1S/C23H20Cl2F2N4O3/c1-34-15-9-17(26)19(18(27)10-15)16-11-31(5-4-28)21(32)20(16)29-22(33)30-23(2-3-23)12-6-13(24)8-14(25)7-12/h6-10,16,20H,2-3,5,11H2,1H3,(H2,29,30,33)/t16-,20-/m0/s1. The van der Waals surface area contributed by atoms with E-state index in [0.717, 1.165) is 17.0 Å². The van der Waals surface area contributed by atoms with E-state index < -0.39 is 41.1 Å². The van der Waals surface area contributed by atoms with Crippen molar-refractivity contribution in [1.82, 2.24) is 15.5 Å². The summed E-state index contributed by atoms with van der Waals surface area (Å²) in [5.41, 5.74) is -0.353. The number of benzene rings is 2. The Labute approximate surface area is 204 Å². The maximum absolute atomic E-state index is 14.8. The Hall–Kier alpha value is -3.09. The van der Waals surface area contributed by atoms with Gasteiger partial charge in [-0.15, -0.1) is 0 Å². The number of amides is 3. The number of rotatable bonds is 6. The van der Waals surface area contributed by atoms with Gasteiger partial charge in [-0.25, -0.2) is 13.6 Å². The minimum absolute atomic E-state index is 0.0185. The van der Waals surface area contributed by atoms with Crippen LogP contribution in [0, 0.1) is 23.0 Å². The Morgan fingerprint density at radius 1 is 1.21 bits per heavy atom. The topological polar surface area (TPSA) is 94.5 Å². The number of methoxy groups -OCH3 is 1. The van der Waals surface area contributed by atoms with Gasteiger partial charge in [-0.3, -0.25) is 4.79 Å². The van der Waals surface area contributed by atoms with Crippen molar-refractivity contribution in [3.8, 4) is 11.8 Å². The molecule has 3 amide bonds. The number of ether oxygens (including phenoxy) is 1. The number of hydrogen-bond donors (Lipinski definition) is 2. The molecule has 2 aromatic carbocycles. The van der Waals surface area contributed by atoms with Crippen molar-refractivity contribution in [2.45, 2.75) is 30.3 Å². The van der Waals surface area contributed by atoms with Crippen LogP contribution in [0.15, 0.2) is 30.3 Å². The third-order valence-corrected chi connectivity index (χ3v) is 6.56. The highest BCUT2D eigenvalue weighted by atomic mass is 35.5. The molecular formula is C23H20Cl2F2N4O3. The van der Waals surface area contributed by atoms with Gasteiger partial charge in [-0.2, -0.15) is 5.26 Å². The molecule has 0 spiro atoms. The normalized spacial score (nSPS) is 20.6. The van der Waals surface area contributed by atoms with Gasteiger partial charge in [0.1, 0.15) is 30.0 Å². The number of carbonyl (C=O) groups excluding carboxylic acids is 2. The van der Waals surface area contributed by atoms with Gasteiger partial charge < -0.3 is 20.3 Å². The van der Waals surface area contributed by atoms with Crippen LogP contribution in [-0.4, -0.2) is 43.1 Å². The van der Waals surface area contributed by atoms with E-state index in [1.807, 2.05) is 6.07 Å². The lowest BCUT2D eigenvalue weighted by Gasteiger charge is -2.23. The van der Waals surface area contributed by atoms with Crippen LogP contribution in [0.25, 0.3) is 0 Å². The summed E-state index contributed by atoms with van der Waals surface area (Å²) in [6, 6.07) is 6.88. The second-order valence-electron chi connectivity index (χ2n) is 8.30. The average molecular weight is 509 g/mol. The molecule has 178 valence electrons. The van der Waals surface area contributed by atoms with E-state index in [-0.39, 0.29) is 24.4 Å². The number of hydrogen-bond acceptors (Lipinski definition) is 4. The monoisotopic (exact) mass is 508 g/mol. The van der Waals surface area contributed by atoms with Gasteiger partial charge in [0.15, 0.2) is 0 Å². The van der Waals surface area contributed by atoms with E-state index in [1.165, 1.54) is 7.11 Å². The average Bonchev–Trinajstić information content (AvgIpc) is 3.49. The minimum Gasteiger partial charge on any atom is -0.497 e. The summed E-state index contributed by atoms with van der Waals surface area (Å²) < 4.78 is 34.5. The Bertz CT molecular complexity index is 1160. The molecule has 11 heteroatoms. The van der Waals surface area contributed by atoms with Gasteiger partial charge in [0, 0.05) is 40.2 Å². The smallest absolute Gasteiger partial charge is 0.316 e. The fraction of sp³-hybridized carbons (Fsp3) is 0.348. The Morgan fingerprint density at radius 3 is 2.35 bits per heavy atom. The molecule has 2 aliphatic rings. The number of nitriles is 1. The molecule has 0 radical (unpaired) electrons. The molecule has 2 aromatic rings. The molecule has 7 nitrogen and oxygen atoms in total. The molecule has 0 aromatic heterocycles. The summed E-state index contributed by atoms with van der Waals surface area (Å²) >= 11 is 12.2. The zero-order chi connectivity index (χ0) is 24.6. The summed E-state index contributed by atoms with van der Waals surface area (Å²) in [4.78, 5) is 27.0. The van der Waals surface area contributed by atoms with Gasteiger partial charge in [0.25, 0.3) is 0 Å². The second-order valence-corrected chi connectivity index (χ2v) is 9.18. The van der Waals surface area contributed by atoms with E-state index in [9.17, 15) is 18.4 Å². The number of halogens is 4. The molecule has 2 N–H and O–H groups in total. The largest absolute Gasteiger partial charge is 0.497 e. The predicted molar refractivity (Wildman–Crippen MR) is 121 cm³/mol. The number of urea groups is 1. The molecule has 0 unspecified atom stereocenters. The fourth-order valence-corrected chi connectivity index (χ4v) is 4.84. The number of carbonyl (C=O) groups is 2. The zero-order valence-electron chi connectivity index (χ0n) is 18.0. The number of nitrogens with one attached hydrogen (secondary N) is 2. The summed E-state index contributed by atoms with van der Waals surface area (Å²) in [7, 11) is 1.27. The lowest BCUT2D eigenvalue weighted by atomic mass is 9.92. The van der Waals surface area contributed by atoms with Gasteiger partial charge in [-0.05, 0) is 36.6 Å². The Balaban J connectivity index is 1.59. The van der Waals surface area contributed by atoms with Crippen LogP contribution in [0.5, 0.6) is 5.75 Å². The molecule has 0 bridgehead atoms. The van der Waals surface area contributed by atoms with Crippen molar-refractivity contribution in [3.05, 3.63) is 63.1 Å². The first kappa shape index (κ1) is 24.0. The quantitative estimate of drug-likeness (QED) is 0.574. The Kier molecular flexibility index (Phi) is 6.56. The highest BCUT2D eigenvalue weighted by Gasteiger charge is 2.48. The third-order valence-electron chi connectivity index (χ3n) is 6.12. The van der Waals surface area contributed by atoms with E-state index >= 15 is 0 Å². The van der Waals surface area contributed by atoms with Crippen molar-refractivity contribution >= 4 is 35.1 Å². The summed E-state index contributed by atoms with van der Waals surface area (Å²) in [5, 5.41) is 15.3. The van der Waals surface area contributed by atoms with E-state index in [0.29, 0.717) is 28.5 Å². The lowest BCUT2D eigenvalue weighted by Crippen LogP contribution is -2.50. The maximum Gasteiger partial charge on any atom is 0.316 e. The molecule has 1 saturated carbocycles. The maximum atomic E-state index is 14.8. The Morgan fingerprint density at radius 2 is 1.82 bits per heavy atom. The van der Waals surface area contributed by atoms with E-state index in [1.54, 1.807) is 18.2 Å². The van der Waals surface area contributed by atoms with Crippen LogP contribution < -0.4 is 15.4 Å². The molecule has 1 heterocycles. The molecule has 4 rings (SSSR count). The predicted octanol–water partition coefficient (Wildman–Crippen LogP) is 4.09. The van der Waals surface area contributed by atoms with Crippen LogP contribution in [0.4, 0.5) is 13.6 Å². The van der Waals surface area contributed by atoms with Crippen LogP contribution in [0.1, 0.15) is 29.9 Å². The van der Waals surface area contributed by atoms with E-state index in [4.69, 9.17) is 33.2 Å². The van der Waals surface area contributed by atoms with Gasteiger partial charge in [0.05, 0.1) is 18.7 Å². The highest BCUT2D eigenvalue weighted by Crippen LogP contribution is 2.47. The first-order chi connectivity index (χ1) is 16.2. The van der Waals surface area contributed by atoms with Gasteiger partial charge in [-0.1, -0.05) is 23.2 Å². The van der Waals surface area contributed by atoms with Crippen LogP contribution in [0.2, 0.25) is 10.0 Å². The van der Waals surface area contributed by atoms with Crippen LogP contribution >= 0.6 is 23.2 Å². The first-order valence-corrected chi connectivity index (χ1v) is 11.2. The molecule has 2 fully saturated rings. The van der Waals surface area contributed by atoms with Crippen molar-refractivity contribution in [1.29, 1.82) is 5.26 Å². The molecule has 2 atom stereocenters. The lowest BCUT2D eigenvalue weighted by molar-refractivity contribution is -0.128. The number of likely N-dealkylation sites (tertiary alicyclic amines) is 1. The van der Waals surface area contributed by atoms with Crippen molar-refractivity contribution in [2.24, 2.45) is 0 Å². The summed E-state index contributed by atoms with van der Waals surface area (Å²) in [5.74, 6) is -3.49. The molecular weight excluding hydrogens is 489 g/mol. The molecule has 1 saturated heterocycles. The fourth-order valence-electron chi connectivity index (χ4n) is 4.32. The summed E-state index contributed by atoms with van der Waals surface area (Å²) in [6.07, 6.45) is 1.25. The first-order valence-electron chi connectivity index (χ1n) is 10.4. The molecule has 1 aliphatic carbocycles.